The van der Waals surface area contributed by atoms with Gasteiger partial charge in [-0.05, 0) is 50.7 Å². The number of anilines is 1. The van der Waals surface area contributed by atoms with Crippen molar-refractivity contribution in [1.82, 2.24) is 15.5 Å². The maximum atomic E-state index is 12.1. The number of likely N-dealkylation sites (tertiary alicyclic amines) is 1. The molecule has 3 atom stereocenters. The van der Waals surface area contributed by atoms with Gasteiger partial charge in [0.15, 0.2) is 5.96 Å². The quantitative estimate of drug-likeness (QED) is 0.289. The van der Waals surface area contributed by atoms with Gasteiger partial charge < -0.3 is 16.0 Å². The molecule has 2 aliphatic heterocycles. The maximum absolute atomic E-state index is 12.1. The number of fused-ring (bicyclic) bond motifs is 1. The second-order valence-corrected chi connectivity index (χ2v) is 9.78. The number of guanidine groups is 1. The van der Waals surface area contributed by atoms with Crippen molar-refractivity contribution < 1.29 is 4.79 Å². The van der Waals surface area contributed by atoms with E-state index in [0.29, 0.717) is 13.0 Å². The van der Waals surface area contributed by atoms with Gasteiger partial charge in [-0.2, -0.15) is 0 Å². The van der Waals surface area contributed by atoms with Crippen LogP contribution in [0.3, 0.4) is 0 Å². The number of halogens is 1. The lowest BCUT2D eigenvalue weighted by Crippen LogP contribution is -2.53. The number of aliphatic imine (C=N–C) groups is 1. The van der Waals surface area contributed by atoms with Gasteiger partial charge in [0.1, 0.15) is 0 Å². The number of hydrogen-bond donors (Lipinski definition) is 3. The van der Waals surface area contributed by atoms with Crippen LogP contribution in [0.4, 0.5) is 5.69 Å². The van der Waals surface area contributed by atoms with Crippen molar-refractivity contribution in [3.8, 4) is 0 Å². The summed E-state index contributed by atoms with van der Waals surface area (Å²) in [5, 5.41) is 9.83. The van der Waals surface area contributed by atoms with E-state index in [2.05, 4.69) is 61.5 Å². The van der Waals surface area contributed by atoms with Gasteiger partial charge in [0.25, 0.3) is 0 Å². The van der Waals surface area contributed by atoms with Crippen molar-refractivity contribution in [1.29, 1.82) is 0 Å². The molecule has 0 radical (unpaired) electrons. The first-order chi connectivity index (χ1) is 14.3. The average Bonchev–Trinajstić information content (AvgIpc) is 2.69. The molecule has 2 aliphatic rings. The smallest absolute Gasteiger partial charge is 0.225 e. The summed E-state index contributed by atoms with van der Waals surface area (Å²) in [6, 6.07) is 8.07. The van der Waals surface area contributed by atoms with Crippen LogP contribution in [0.1, 0.15) is 58.9 Å². The molecule has 1 aromatic rings. The SMILES string of the molecule is CCNC(=NCC(C)(C)N1CC(C)CC(C)C1)NCC1CC(=O)Nc2ccccc21.I. The average molecular weight is 542 g/mol. The number of nitrogens with one attached hydrogen (secondary N) is 3. The summed E-state index contributed by atoms with van der Waals surface area (Å²) in [5.74, 6) is 2.53. The van der Waals surface area contributed by atoms with Gasteiger partial charge in [-0.1, -0.05) is 32.0 Å². The van der Waals surface area contributed by atoms with Gasteiger partial charge in [-0.15, -0.1) is 24.0 Å². The summed E-state index contributed by atoms with van der Waals surface area (Å²) in [7, 11) is 0. The highest BCUT2D eigenvalue weighted by Crippen LogP contribution is 2.31. The molecular formula is C24H40IN5O. The molecule has 3 N–H and O–H groups in total. The van der Waals surface area contributed by atoms with Gasteiger partial charge in [-0.3, -0.25) is 14.7 Å². The van der Waals surface area contributed by atoms with Crippen molar-refractivity contribution in [2.45, 2.75) is 58.9 Å². The van der Waals surface area contributed by atoms with E-state index in [-0.39, 0.29) is 41.3 Å². The third-order valence-corrected chi connectivity index (χ3v) is 6.32. The lowest BCUT2D eigenvalue weighted by molar-refractivity contribution is -0.116. The molecule has 6 nitrogen and oxygen atoms in total. The Balaban J connectivity index is 0.00000341. The molecule has 0 aliphatic carbocycles. The summed E-state index contributed by atoms with van der Waals surface area (Å²) < 4.78 is 0. The summed E-state index contributed by atoms with van der Waals surface area (Å²) in [4.78, 5) is 19.6. The summed E-state index contributed by atoms with van der Waals surface area (Å²) in [5.41, 5.74) is 2.14. The first kappa shape index (κ1) is 25.9. The minimum atomic E-state index is 0. The summed E-state index contributed by atoms with van der Waals surface area (Å²) in [6.07, 6.45) is 1.81. The molecule has 174 valence electrons. The zero-order valence-corrected chi connectivity index (χ0v) is 22.0. The topological polar surface area (TPSA) is 68.8 Å². The molecule has 3 rings (SSSR count). The highest BCUT2D eigenvalue weighted by molar-refractivity contribution is 14.0. The van der Waals surface area contributed by atoms with Gasteiger partial charge in [0.2, 0.25) is 5.91 Å². The zero-order valence-electron chi connectivity index (χ0n) is 19.7. The molecule has 1 saturated heterocycles. The van der Waals surface area contributed by atoms with Crippen LogP contribution in [0.2, 0.25) is 0 Å². The van der Waals surface area contributed by atoms with E-state index in [0.717, 1.165) is 49.7 Å². The molecule has 1 aromatic carbocycles. The second-order valence-electron chi connectivity index (χ2n) is 9.78. The fourth-order valence-electron chi connectivity index (χ4n) is 4.78. The van der Waals surface area contributed by atoms with E-state index in [1.807, 2.05) is 18.2 Å². The predicted molar refractivity (Wildman–Crippen MR) is 140 cm³/mol. The van der Waals surface area contributed by atoms with E-state index < -0.39 is 0 Å². The van der Waals surface area contributed by atoms with Crippen LogP contribution in [0.25, 0.3) is 0 Å². The Morgan fingerprint density at radius 3 is 2.55 bits per heavy atom. The van der Waals surface area contributed by atoms with Gasteiger partial charge in [0, 0.05) is 49.7 Å². The molecule has 1 fully saturated rings. The van der Waals surface area contributed by atoms with Crippen molar-refractivity contribution >= 4 is 41.5 Å². The Morgan fingerprint density at radius 2 is 1.87 bits per heavy atom. The number of piperidine rings is 1. The molecule has 31 heavy (non-hydrogen) atoms. The first-order valence-corrected chi connectivity index (χ1v) is 11.4. The number of benzene rings is 1. The number of para-hydroxylation sites is 1. The van der Waals surface area contributed by atoms with Gasteiger partial charge >= 0.3 is 0 Å². The fourth-order valence-corrected chi connectivity index (χ4v) is 4.78. The third kappa shape index (κ3) is 7.07. The number of carbonyl (C=O) groups is 1. The molecule has 3 unspecified atom stereocenters. The molecule has 0 bridgehead atoms. The molecule has 2 heterocycles. The Labute approximate surface area is 205 Å². The lowest BCUT2D eigenvalue weighted by atomic mass is 9.88. The highest BCUT2D eigenvalue weighted by Gasteiger charge is 2.32. The first-order valence-electron chi connectivity index (χ1n) is 11.4. The van der Waals surface area contributed by atoms with Gasteiger partial charge in [0.05, 0.1) is 6.54 Å². The van der Waals surface area contributed by atoms with Crippen LogP contribution in [0, 0.1) is 11.8 Å². The number of rotatable bonds is 6. The van der Waals surface area contributed by atoms with E-state index in [1.165, 1.54) is 12.0 Å². The Hall–Kier alpha value is -1.35. The van der Waals surface area contributed by atoms with E-state index in [4.69, 9.17) is 4.99 Å². The van der Waals surface area contributed by atoms with Crippen LogP contribution < -0.4 is 16.0 Å². The fraction of sp³-hybridized carbons (Fsp3) is 0.667. The Kier molecular flexibility index (Phi) is 9.61. The Bertz CT molecular complexity index is 756. The van der Waals surface area contributed by atoms with Crippen LogP contribution in [-0.4, -0.2) is 55.0 Å². The maximum Gasteiger partial charge on any atom is 0.225 e. The normalized spacial score (nSPS) is 24.6. The monoisotopic (exact) mass is 541 g/mol. The second kappa shape index (κ2) is 11.5. The third-order valence-electron chi connectivity index (χ3n) is 6.32. The van der Waals surface area contributed by atoms with Crippen LogP contribution in [0.15, 0.2) is 29.3 Å². The van der Waals surface area contributed by atoms with Crippen LogP contribution in [0.5, 0.6) is 0 Å². The largest absolute Gasteiger partial charge is 0.357 e. The van der Waals surface area contributed by atoms with E-state index in [9.17, 15) is 4.79 Å². The molecule has 0 spiro atoms. The van der Waals surface area contributed by atoms with E-state index in [1.54, 1.807) is 0 Å². The van der Waals surface area contributed by atoms with Crippen molar-refractivity contribution in [2.24, 2.45) is 16.8 Å². The molecular weight excluding hydrogens is 501 g/mol. The molecule has 7 heteroatoms. The van der Waals surface area contributed by atoms with Gasteiger partial charge in [-0.25, -0.2) is 0 Å². The lowest BCUT2D eigenvalue weighted by Gasteiger charge is -2.44. The number of hydrogen-bond acceptors (Lipinski definition) is 3. The van der Waals surface area contributed by atoms with Crippen LogP contribution >= 0.6 is 24.0 Å². The zero-order chi connectivity index (χ0) is 21.7. The molecule has 1 amide bonds. The number of carbonyl (C=O) groups excluding carboxylic acids is 1. The van der Waals surface area contributed by atoms with Crippen LogP contribution in [-0.2, 0) is 4.79 Å². The molecule has 0 saturated carbocycles. The predicted octanol–water partition coefficient (Wildman–Crippen LogP) is 4.04. The summed E-state index contributed by atoms with van der Waals surface area (Å²) in [6.45, 7) is 15.9. The highest BCUT2D eigenvalue weighted by atomic mass is 127. The minimum Gasteiger partial charge on any atom is -0.357 e. The number of amides is 1. The van der Waals surface area contributed by atoms with Crippen molar-refractivity contribution in [3.63, 3.8) is 0 Å². The van der Waals surface area contributed by atoms with E-state index >= 15 is 0 Å². The number of nitrogens with zero attached hydrogens (tertiary/aromatic N) is 2. The summed E-state index contributed by atoms with van der Waals surface area (Å²) >= 11 is 0. The minimum absolute atomic E-state index is 0. The van der Waals surface area contributed by atoms with Crippen molar-refractivity contribution in [3.05, 3.63) is 29.8 Å². The Morgan fingerprint density at radius 1 is 1.19 bits per heavy atom. The van der Waals surface area contributed by atoms with Crippen molar-refractivity contribution in [2.75, 3.05) is 38.0 Å². The standard InChI is InChI=1S/C24H39N5O.HI/c1-6-25-23(27-16-24(4,5)29-14-17(2)11-18(3)15-29)26-13-19-12-22(30)28-21-10-8-7-9-20(19)21;/h7-10,17-19H,6,11-16H2,1-5H3,(H,28,30)(H2,25,26,27);1H. The molecule has 0 aromatic heterocycles.